The molecule has 0 saturated carbocycles. The fourth-order valence-corrected chi connectivity index (χ4v) is 6.19. The van der Waals surface area contributed by atoms with Crippen LogP contribution in [0.1, 0.15) is 16.7 Å². The van der Waals surface area contributed by atoms with E-state index in [1.165, 1.54) is 16.7 Å². The maximum Gasteiger partial charge on any atom is 0.164 e. The minimum Gasteiger partial charge on any atom is -0.456 e. The molecule has 0 unspecified atom stereocenters. The second-order valence-electron chi connectivity index (χ2n) is 11.7. The molecule has 0 bridgehead atoms. The van der Waals surface area contributed by atoms with Crippen molar-refractivity contribution in [1.82, 2.24) is 15.0 Å². The second-order valence-corrected chi connectivity index (χ2v) is 11.7. The second kappa shape index (κ2) is 12.8. The van der Waals surface area contributed by atoms with Crippen molar-refractivity contribution in [2.75, 3.05) is 0 Å². The third kappa shape index (κ3) is 5.72. The van der Waals surface area contributed by atoms with Crippen LogP contribution in [0.5, 0.6) is 0 Å². The molecule has 0 spiro atoms. The van der Waals surface area contributed by atoms with Crippen molar-refractivity contribution in [3.05, 3.63) is 181 Å². The van der Waals surface area contributed by atoms with Crippen LogP contribution in [0.25, 0.3) is 73.3 Å². The van der Waals surface area contributed by atoms with Crippen molar-refractivity contribution in [2.24, 2.45) is 0 Å². The maximum atomic E-state index is 6.14. The number of para-hydroxylation sites is 1. The summed E-state index contributed by atoms with van der Waals surface area (Å²) >= 11 is 0. The lowest BCUT2D eigenvalue weighted by atomic mass is 9.98. The van der Waals surface area contributed by atoms with Gasteiger partial charge in [0.15, 0.2) is 17.5 Å². The molecule has 0 saturated heterocycles. The van der Waals surface area contributed by atoms with E-state index in [0.717, 1.165) is 56.2 Å². The maximum absolute atomic E-state index is 6.14. The molecule has 4 nitrogen and oxygen atoms in total. The van der Waals surface area contributed by atoms with E-state index in [4.69, 9.17) is 19.4 Å². The van der Waals surface area contributed by atoms with Gasteiger partial charge in [-0.3, -0.25) is 0 Å². The summed E-state index contributed by atoms with van der Waals surface area (Å²) in [5, 5.41) is 2.23. The van der Waals surface area contributed by atoms with Crippen LogP contribution in [0, 0.1) is 0 Å². The van der Waals surface area contributed by atoms with E-state index in [0.29, 0.717) is 17.5 Å². The van der Waals surface area contributed by atoms with Gasteiger partial charge < -0.3 is 4.42 Å². The van der Waals surface area contributed by atoms with Crippen LogP contribution in [0.3, 0.4) is 0 Å². The van der Waals surface area contributed by atoms with Gasteiger partial charge in [0.2, 0.25) is 0 Å². The van der Waals surface area contributed by atoms with Gasteiger partial charge in [0.1, 0.15) is 11.2 Å². The topological polar surface area (TPSA) is 51.8 Å². The van der Waals surface area contributed by atoms with Crippen molar-refractivity contribution in [3.8, 4) is 45.3 Å². The zero-order valence-corrected chi connectivity index (χ0v) is 26.3. The van der Waals surface area contributed by atoms with Crippen LogP contribution in [0.4, 0.5) is 0 Å². The van der Waals surface area contributed by atoms with Crippen molar-refractivity contribution >= 4 is 28.0 Å². The molecule has 0 aliphatic rings. The summed E-state index contributed by atoms with van der Waals surface area (Å²) in [6.07, 6.45) is 6.69. The fourth-order valence-electron chi connectivity index (χ4n) is 6.19. The third-order valence-corrected chi connectivity index (χ3v) is 8.60. The molecule has 2 aromatic heterocycles. The monoisotopic (exact) mass is 617 g/mol. The molecule has 8 rings (SSSR count). The van der Waals surface area contributed by atoms with E-state index in [1.54, 1.807) is 6.08 Å². The first kappa shape index (κ1) is 29.0. The third-order valence-electron chi connectivity index (χ3n) is 8.60. The fraction of sp³-hybridized carbons (Fsp3) is 0.0227. The Labute approximate surface area is 279 Å². The van der Waals surface area contributed by atoms with Crippen molar-refractivity contribution < 1.29 is 4.42 Å². The Kier molecular flexibility index (Phi) is 7.73. The smallest absolute Gasteiger partial charge is 0.164 e. The predicted molar refractivity (Wildman–Crippen MR) is 197 cm³/mol. The molecule has 8 aromatic rings. The zero-order valence-electron chi connectivity index (χ0n) is 26.3. The van der Waals surface area contributed by atoms with Gasteiger partial charge in [0.25, 0.3) is 0 Å². The summed E-state index contributed by atoms with van der Waals surface area (Å²) in [7, 11) is 0. The van der Waals surface area contributed by atoms with Gasteiger partial charge in [-0.25, -0.2) is 15.0 Å². The molecule has 0 radical (unpaired) electrons. The largest absolute Gasteiger partial charge is 0.456 e. The summed E-state index contributed by atoms with van der Waals surface area (Å²) in [6, 6.07) is 49.9. The van der Waals surface area contributed by atoms with E-state index in [1.807, 2.05) is 60.7 Å². The quantitative estimate of drug-likeness (QED) is 0.159. The lowest BCUT2D eigenvalue weighted by Crippen LogP contribution is -2.00. The SMILES string of the molecule is C=C/C=C\c1ccccc1Cc1ccc(-c2nc(-c3ccccc3)nc(-c3ccc(-c4cccc5oc6ccccc6c45)cc3)n2)cc1. The number of aromatic nitrogens is 3. The molecule has 228 valence electrons. The number of hydrogen-bond donors (Lipinski definition) is 0. The number of fused-ring (bicyclic) bond motifs is 3. The number of benzene rings is 6. The molecular formula is C44H31N3O. The molecule has 0 amide bonds. The molecule has 0 aliphatic carbocycles. The Bertz CT molecular complexity index is 2420. The first-order chi connectivity index (χ1) is 23.7. The van der Waals surface area contributed by atoms with Gasteiger partial charge >= 0.3 is 0 Å². The van der Waals surface area contributed by atoms with E-state index in [9.17, 15) is 0 Å². The average Bonchev–Trinajstić information content (AvgIpc) is 3.54. The molecule has 4 heteroatoms. The number of hydrogen-bond acceptors (Lipinski definition) is 4. The Morgan fingerprint density at radius 1 is 0.521 bits per heavy atom. The molecular weight excluding hydrogens is 587 g/mol. The van der Waals surface area contributed by atoms with Crippen molar-refractivity contribution in [3.63, 3.8) is 0 Å². The molecule has 0 atom stereocenters. The Morgan fingerprint density at radius 3 is 1.83 bits per heavy atom. The Morgan fingerprint density at radius 2 is 1.10 bits per heavy atom. The molecule has 2 heterocycles. The Balaban J connectivity index is 1.15. The molecule has 0 aliphatic heterocycles. The summed E-state index contributed by atoms with van der Waals surface area (Å²) in [6.45, 7) is 3.81. The summed E-state index contributed by atoms with van der Waals surface area (Å²) < 4.78 is 6.14. The van der Waals surface area contributed by atoms with Gasteiger partial charge in [0, 0.05) is 27.5 Å². The standard InChI is InChI=1S/C44H31N3O/c1-2-3-12-31-13-7-8-16-36(31)29-30-21-23-34(24-22-30)43-45-42(33-14-5-4-6-15-33)46-44(47-43)35-27-25-32(26-28-35)37-18-11-20-40-41(37)38-17-9-10-19-39(38)48-40/h2-28H,1,29H2/b12-3-. The first-order valence-electron chi connectivity index (χ1n) is 16.0. The molecule has 0 fully saturated rings. The zero-order chi connectivity index (χ0) is 32.3. The highest BCUT2D eigenvalue weighted by molar-refractivity contribution is 6.12. The van der Waals surface area contributed by atoms with Crippen LogP contribution >= 0.6 is 0 Å². The van der Waals surface area contributed by atoms with Crippen LogP contribution < -0.4 is 0 Å². The van der Waals surface area contributed by atoms with E-state index >= 15 is 0 Å². The highest BCUT2D eigenvalue weighted by Crippen LogP contribution is 2.37. The van der Waals surface area contributed by atoms with Crippen molar-refractivity contribution in [2.45, 2.75) is 6.42 Å². The lowest BCUT2D eigenvalue weighted by Gasteiger charge is -2.10. The van der Waals surface area contributed by atoms with Gasteiger partial charge in [-0.1, -0.05) is 158 Å². The van der Waals surface area contributed by atoms with Crippen LogP contribution in [0.15, 0.2) is 169 Å². The molecule has 48 heavy (non-hydrogen) atoms. The Hall–Kier alpha value is -6.39. The summed E-state index contributed by atoms with van der Waals surface area (Å²) in [5.74, 6) is 1.91. The van der Waals surface area contributed by atoms with E-state index in [2.05, 4.69) is 104 Å². The first-order valence-corrected chi connectivity index (χ1v) is 16.0. The van der Waals surface area contributed by atoms with E-state index < -0.39 is 0 Å². The van der Waals surface area contributed by atoms with Crippen molar-refractivity contribution in [1.29, 1.82) is 0 Å². The van der Waals surface area contributed by atoms with Gasteiger partial charge in [-0.05, 0) is 46.4 Å². The van der Waals surface area contributed by atoms with Gasteiger partial charge in [-0.2, -0.15) is 0 Å². The highest BCUT2D eigenvalue weighted by Gasteiger charge is 2.15. The lowest BCUT2D eigenvalue weighted by molar-refractivity contribution is 0.669. The molecule has 0 N–H and O–H groups in total. The predicted octanol–water partition coefficient (Wildman–Crippen LogP) is 11.2. The minimum atomic E-state index is 0.629. The minimum absolute atomic E-state index is 0.629. The number of furan rings is 1. The normalized spacial score (nSPS) is 11.4. The number of nitrogens with zero attached hydrogens (tertiary/aromatic N) is 3. The van der Waals surface area contributed by atoms with E-state index in [-0.39, 0.29) is 0 Å². The van der Waals surface area contributed by atoms with Crippen LogP contribution in [0.2, 0.25) is 0 Å². The van der Waals surface area contributed by atoms with Gasteiger partial charge in [0.05, 0.1) is 0 Å². The average molecular weight is 618 g/mol. The van der Waals surface area contributed by atoms with Crippen LogP contribution in [-0.4, -0.2) is 15.0 Å². The highest BCUT2D eigenvalue weighted by atomic mass is 16.3. The number of rotatable bonds is 8. The summed E-state index contributed by atoms with van der Waals surface area (Å²) in [4.78, 5) is 14.9. The summed E-state index contributed by atoms with van der Waals surface area (Å²) in [5.41, 5.74) is 10.5. The number of allylic oxidation sites excluding steroid dienone is 2. The molecule has 6 aromatic carbocycles. The van der Waals surface area contributed by atoms with Crippen LogP contribution in [-0.2, 0) is 6.42 Å². The van der Waals surface area contributed by atoms with Gasteiger partial charge in [-0.15, -0.1) is 0 Å².